The normalized spacial score (nSPS) is 18.9. The molecule has 0 unspecified atom stereocenters. The molecule has 0 radical (unpaired) electrons. The summed E-state index contributed by atoms with van der Waals surface area (Å²) >= 11 is 0. The number of rotatable bonds is 3. The molecule has 0 saturated carbocycles. The van der Waals surface area contributed by atoms with Gasteiger partial charge in [-0.25, -0.2) is 4.79 Å². The van der Waals surface area contributed by atoms with E-state index >= 15 is 0 Å². The quantitative estimate of drug-likeness (QED) is 0.759. The van der Waals surface area contributed by atoms with Crippen molar-refractivity contribution in [2.45, 2.75) is 19.8 Å². The number of hydrogen-bond donors (Lipinski definition) is 1. The SMILES string of the molecule is CCN(C)C(=O)NCC1CCN(C)CC1. The average molecular weight is 213 g/mol. The minimum absolute atomic E-state index is 0.0522. The molecule has 1 fully saturated rings. The number of likely N-dealkylation sites (tertiary alicyclic amines) is 1. The highest BCUT2D eigenvalue weighted by Gasteiger charge is 2.17. The molecule has 1 N–H and O–H groups in total. The van der Waals surface area contributed by atoms with Crippen LogP contribution in [0.25, 0.3) is 0 Å². The summed E-state index contributed by atoms with van der Waals surface area (Å²) in [7, 11) is 3.98. The van der Waals surface area contributed by atoms with Gasteiger partial charge in [0.1, 0.15) is 0 Å². The van der Waals surface area contributed by atoms with Gasteiger partial charge in [0.15, 0.2) is 0 Å². The van der Waals surface area contributed by atoms with E-state index in [4.69, 9.17) is 0 Å². The molecule has 0 aromatic rings. The number of urea groups is 1. The summed E-state index contributed by atoms with van der Waals surface area (Å²) in [6.45, 7) is 5.89. The molecule has 1 aliphatic heterocycles. The Labute approximate surface area is 92.6 Å². The van der Waals surface area contributed by atoms with Gasteiger partial charge in [0.25, 0.3) is 0 Å². The topological polar surface area (TPSA) is 35.6 Å². The second-order valence-corrected chi connectivity index (χ2v) is 4.45. The van der Waals surface area contributed by atoms with Gasteiger partial charge in [-0.3, -0.25) is 0 Å². The molecule has 0 aromatic carbocycles. The molecule has 4 nitrogen and oxygen atoms in total. The van der Waals surface area contributed by atoms with Crippen molar-refractivity contribution in [3.05, 3.63) is 0 Å². The van der Waals surface area contributed by atoms with E-state index in [9.17, 15) is 4.79 Å². The third kappa shape index (κ3) is 4.08. The molecule has 1 aliphatic rings. The van der Waals surface area contributed by atoms with Crippen LogP contribution < -0.4 is 5.32 Å². The number of nitrogens with one attached hydrogen (secondary N) is 1. The van der Waals surface area contributed by atoms with Gasteiger partial charge in [0.2, 0.25) is 0 Å². The minimum Gasteiger partial charge on any atom is -0.338 e. The maximum atomic E-state index is 11.5. The lowest BCUT2D eigenvalue weighted by Crippen LogP contribution is -2.41. The number of hydrogen-bond acceptors (Lipinski definition) is 2. The molecule has 0 aromatic heterocycles. The van der Waals surface area contributed by atoms with Gasteiger partial charge in [-0.05, 0) is 45.8 Å². The van der Waals surface area contributed by atoms with E-state index in [0.717, 1.165) is 26.2 Å². The molecule has 88 valence electrons. The first-order valence-electron chi connectivity index (χ1n) is 5.81. The lowest BCUT2D eigenvalue weighted by molar-refractivity contribution is 0.195. The van der Waals surface area contributed by atoms with Crippen LogP contribution in [0.1, 0.15) is 19.8 Å². The highest BCUT2D eigenvalue weighted by Crippen LogP contribution is 2.14. The van der Waals surface area contributed by atoms with E-state index in [1.54, 1.807) is 4.90 Å². The van der Waals surface area contributed by atoms with Crippen molar-refractivity contribution in [1.29, 1.82) is 0 Å². The highest BCUT2D eigenvalue weighted by atomic mass is 16.2. The molecule has 0 atom stereocenters. The summed E-state index contributed by atoms with van der Waals surface area (Å²) in [6.07, 6.45) is 2.40. The van der Waals surface area contributed by atoms with Crippen LogP contribution in [0.2, 0.25) is 0 Å². The third-order valence-electron chi connectivity index (χ3n) is 3.20. The van der Waals surface area contributed by atoms with E-state index in [2.05, 4.69) is 17.3 Å². The van der Waals surface area contributed by atoms with E-state index in [1.807, 2.05) is 14.0 Å². The van der Waals surface area contributed by atoms with Crippen molar-refractivity contribution in [2.24, 2.45) is 5.92 Å². The van der Waals surface area contributed by atoms with E-state index in [1.165, 1.54) is 12.8 Å². The monoisotopic (exact) mass is 213 g/mol. The van der Waals surface area contributed by atoms with Crippen LogP contribution >= 0.6 is 0 Å². The first kappa shape index (κ1) is 12.3. The summed E-state index contributed by atoms with van der Waals surface area (Å²) in [5, 5.41) is 2.99. The molecule has 0 spiro atoms. The van der Waals surface area contributed by atoms with E-state index in [-0.39, 0.29) is 6.03 Å². The largest absolute Gasteiger partial charge is 0.338 e. The van der Waals surface area contributed by atoms with Gasteiger partial charge in [0, 0.05) is 20.1 Å². The summed E-state index contributed by atoms with van der Waals surface area (Å²) in [5.41, 5.74) is 0. The maximum Gasteiger partial charge on any atom is 0.317 e. The molecule has 1 heterocycles. The zero-order valence-electron chi connectivity index (χ0n) is 10.1. The van der Waals surface area contributed by atoms with Gasteiger partial charge in [-0.2, -0.15) is 0 Å². The lowest BCUT2D eigenvalue weighted by Gasteiger charge is -2.29. The van der Waals surface area contributed by atoms with Crippen LogP contribution in [0.4, 0.5) is 4.79 Å². The van der Waals surface area contributed by atoms with Gasteiger partial charge >= 0.3 is 6.03 Å². The van der Waals surface area contributed by atoms with Crippen LogP contribution in [-0.4, -0.2) is 56.1 Å². The van der Waals surface area contributed by atoms with Crippen LogP contribution in [0.5, 0.6) is 0 Å². The summed E-state index contributed by atoms with van der Waals surface area (Å²) in [4.78, 5) is 15.5. The van der Waals surface area contributed by atoms with Crippen molar-refractivity contribution < 1.29 is 4.79 Å². The summed E-state index contributed by atoms with van der Waals surface area (Å²) in [5.74, 6) is 0.662. The molecule has 0 bridgehead atoms. The second kappa shape index (κ2) is 5.95. The van der Waals surface area contributed by atoms with E-state index in [0.29, 0.717) is 5.92 Å². The Kier molecular flexibility index (Phi) is 4.88. The Hall–Kier alpha value is -0.770. The van der Waals surface area contributed by atoms with Crippen LogP contribution in [-0.2, 0) is 0 Å². The molecule has 0 aliphatic carbocycles. The highest BCUT2D eigenvalue weighted by molar-refractivity contribution is 5.73. The molecule has 15 heavy (non-hydrogen) atoms. The van der Waals surface area contributed by atoms with Gasteiger partial charge in [-0.1, -0.05) is 0 Å². The molecule has 1 rings (SSSR count). The van der Waals surface area contributed by atoms with Crippen molar-refractivity contribution in [2.75, 3.05) is 40.3 Å². The third-order valence-corrected chi connectivity index (χ3v) is 3.20. The molecule has 2 amide bonds. The number of piperidine rings is 1. The zero-order valence-corrected chi connectivity index (χ0v) is 10.1. The smallest absolute Gasteiger partial charge is 0.317 e. The minimum atomic E-state index is 0.0522. The molecule has 4 heteroatoms. The molecule has 1 saturated heterocycles. The lowest BCUT2D eigenvalue weighted by atomic mass is 9.97. The van der Waals surface area contributed by atoms with Crippen molar-refractivity contribution in [3.8, 4) is 0 Å². The fraction of sp³-hybridized carbons (Fsp3) is 0.909. The number of amides is 2. The summed E-state index contributed by atoms with van der Waals surface area (Å²) in [6, 6.07) is 0.0522. The van der Waals surface area contributed by atoms with Gasteiger partial charge in [0.05, 0.1) is 0 Å². The average Bonchev–Trinajstić information content (AvgIpc) is 2.26. The Morgan fingerprint density at radius 3 is 2.60 bits per heavy atom. The van der Waals surface area contributed by atoms with Crippen LogP contribution in [0, 0.1) is 5.92 Å². The number of nitrogens with zero attached hydrogens (tertiary/aromatic N) is 2. The predicted molar refractivity (Wildman–Crippen MR) is 61.9 cm³/mol. The Balaban J connectivity index is 2.17. The van der Waals surface area contributed by atoms with Crippen molar-refractivity contribution in [3.63, 3.8) is 0 Å². The van der Waals surface area contributed by atoms with Gasteiger partial charge in [-0.15, -0.1) is 0 Å². The number of carbonyl (C=O) groups excluding carboxylic acids is 1. The predicted octanol–water partition coefficient (Wildman–Crippen LogP) is 0.990. The first-order chi connectivity index (χ1) is 7.13. The Morgan fingerprint density at radius 2 is 2.07 bits per heavy atom. The molecular weight excluding hydrogens is 190 g/mol. The second-order valence-electron chi connectivity index (χ2n) is 4.45. The van der Waals surface area contributed by atoms with E-state index < -0.39 is 0 Å². The standard InChI is InChI=1S/C11H23N3O/c1-4-14(3)11(15)12-9-10-5-7-13(2)8-6-10/h10H,4-9H2,1-3H3,(H,12,15). The van der Waals surface area contributed by atoms with Crippen LogP contribution in [0.3, 0.4) is 0 Å². The van der Waals surface area contributed by atoms with Crippen LogP contribution in [0.15, 0.2) is 0 Å². The first-order valence-corrected chi connectivity index (χ1v) is 5.81. The fourth-order valence-corrected chi connectivity index (χ4v) is 1.78. The fourth-order valence-electron chi connectivity index (χ4n) is 1.78. The number of carbonyl (C=O) groups is 1. The zero-order chi connectivity index (χ0) is 11.3. The Bertz CT molecular complexity index is 200. The maximum absolute atomic E-state index is 11.5. The van der Waals surface area contributed by atoms with Gasteiger partial charge < -0.3 is 15.1 Å². The van der Waals surface area contributed by atoms with Crippen molar-refractivity contribution >= 4 is 6.03 Å². The summed E-state index contributed by atoms with van der Waals surface area (Å²) < 4.78 is 0. The molecular formula is C11H23N3O. The Morgan fingerprint density at radius 1 is 1.47 bits per heavy atom. The van der Waals surface area contributed by atoms with Crippen molar-refractivity contribution in [1.82, 2.24) is 15.1 Å².